The number of nitriles is 1. The number of anilines is 2. The van der Waals surface area contributed by atoms with E-state index >= 15 is 0 Å². The van der Waals surface area contributed by atoms with Gasteiger partial charge in [0.1, 0.15) is 5.82 Å². The highest BCUT2D eigenvalue weighted by molar-refractivity contribution is 5.93. The molecule has 3 heterocycles. The Balaban J connectivity index is 1.56. The minimum Gasteiger partial charge on any atom is -0.354 e. The molecule has 0 radical (unpaired) electrons. The molecule has 1 fully saturated rings. The van der Waals surface area contributed by atoms with E-state index < -0.39 is 0 Å². The van der Waals surface area contributed by atoms with Gasteiger partial charge in [0.05, 0.1) is 23.4 Å². The van der Waals surface area contributed by atoms with Gasteiger partial charge in [-0.15, -0.1) is 0 Å². The number of carbonyl (C=O) groups excluding carboxylic acids is 1. The lowest BCUT2D eigenvalue weighted by atomic mass is 10.2. The molecule has 2 aromatic heterocycles. The molecular weight excluding hydrogens is 320 g/mol. The fraction of sp³-hybridized carbons (Fsp3) is 0.412. The summed E-state index contributed by atoms with van der Waals surface area (Å²) >= 11 is 0. The summed E-state index contributed by atoms with van der Waals surface area (Å²) in [6.45, 7) is 6.66. The van der Waals surface area contributed by atoms with Crippen LogP contribution >= 0.6 is 0 Å². The highest BCUT2D eigenvalue weighted by atomic mass is 16.5. The zero-order valence-electron chi connectivity index (χ0n) is 14.3. The van der Waals surface area contributed by atoms with Crippen molar-refractivity contribution < 1.29 is 9.32 Å². The van der Waals surface area contributed by atoms with Crippen molar-refractivity contribution in [2.24, 2.45) is 0 Å². The Hall–Kier alpha value is -2.92. The molecule has 2 aromatic rings. The lowest BCUT2D eigenvalue weighted by molar-refractivity contribution is -0.121. The van der Waals surface area contributed by atoms with E-state index in [-0.39, 0.29) is 11.9 Å². The molecule has 1 aliphatic rings. The molecule has 130 valence electrons. The molecule has 0 spiro atoms. The first-order chi connectivity index (χ1) is 12.1. The summed E-state index contributed by atoms with van der Waals surface area (Å²) in [5.41, 5.74) is 1.33. The van der Waals surface area contributed by atoms with Crippen molar-refractivity contribution in [2.45, 2.75) is 19.9 Å². The maximum absolute atomic E-state index is 12.4. The van der Waals surface area contributed by atoms with Gasteiger partial charge in [0, 0.05) is 38.4 Å². The third-order valence-corrected chi connectivity index (χ3v) is 4.31. The zero-order valence-corrected chi connectivity index (χ0v) is 14.3. The van der Waals surface area contributed by atoms with E-state index in [4.69, 9.17) is 9.78 Å². The lowest BCUT2D eigenvalue weighted by Crippen LogP contribution is -2.53. The SMILES string of the molecule is Cc1cc(NC(=O)[C@H](C)N2CCN(c3cc(C#N)ccn3)CC2)on1. The standard InChI is InChI=1S/C17H20N6O2/c1-12-9-16(25-21-12)20-17(24)13(2)22-5-7-23(8-6-22)15-10-14(11-18)3-4-19-15/h3-4,9-10,13H,5-8H2,1-2H3,(H,20,24)/t13-/m0/s1. The molecule has 3 rings (SSSR count). The number of piperazine rings is 1. The number of hydrogen-bond donors (Lipinski definition) is 1. The Morgan fingerprint density at radius 1 is 1.36 bits per heavy atom. The smallest absolute Gasteiger partial charge is 0.243 e. The summed E-state index contributed by atoms with van der Waals surface area (Å²) in [5.74, 6) is 1.05. The summed E-state index contributed by atoms with van der Waals surface area (Å²) in [7, 11) is 0. The average Bonchev–Trinajstić information content (AvgIpc) is 3.06. The molecule has 1 aliphatic heterocycles. The zero-order chi connectivity index (χ0) is 17.8. The number of nitrogens with zero attached hydrogens (tertiary/aromatic N) is 5. The topological polar surface area (TPSA) is 98.3 Å². The van der Waals surface area contributed by atoms with E-state index in [1.165, 1.54) is 0 Å². The molecular formula is C17H20N6O2. The molecule has 8 heteroatoms. The Morgan fingerprint density at radius 3 is 2.76 bits per heavy atom. The van der Waals surface area contributed by atoms with Gasteiger partial charge in [-0.1, -0.05) is 5.16 Å². The van der Waals surface area contributed by atoms with E-state index in [0.717, 1.165) is 37.7 Å². The predicted octanol–water partition coefficient (Wildman–Crippen LogP) is 1.40. The van der Waals surface area contributed by atoms with Crippen LogP contribution in [0.1, 0.15) is 18.2 Å². The minimum absolute atomic E-state index is 0.116. The average molecular weight is 340 g/mol. The molecule has 0 saturated carbocycles. The molecule has 0 bridgehead atoms. The molecule has 1 atom stereocenters. The van der Waals surface area contributed by atoms with Crippen molar-refractivity contribution in [3.8, 4) is 6.07 Å². The summed E-state index contributed by atoms with van der Waals surface area (Å²) in [4.78, 5) is 20.9. The van der Waals surface area contributed by atoms with E-state index in [1.54, 1.807) is 31.3 Å². The monoisotopic (exact) mass is 340 g/mol. The van der Waals surface area contributed by atoms with Crippen LogP contribution in [0.25, 0.3) is 0 Å². The largest absolute Gasteiger partial charge is 0.354 e. The molecule has 25 heavy (non-hydrogen) atoms. The van der Waals surface area contributed by atoms with Gasteiger partial charge in [-0.05, 0) is 26.0 Å². The molecule has 1 saturated heterocycles. The van der Waals surface area contributed by atoms with Gasteiger partial charge in [0.15, 0.2) is 0 Å². The number of aromatic nitrogens is 2. The summed E-state index contributed by atoms with van der Waals surface area (Å²) in [5, 5.41) is 15.5. The molecule has 0 unspecified atom stereocenters. The van der Waals surface area contributed by atoms with E-state index in [2.05, 4.69) is 31.3 Å². The number of nitrogens with one attached hydrogen (secondary N) is 1. The first-order valence-electron chi connectivity index (χ1n) is 8.16. The second-order valence-electron chi connectivity index (χ2n) is 6.04. The maximum atomic E-state index is 12.4. The van der Waals surface area contributed by atoms with Crippen molar-refractivity contribution in [3.63, 3.8) is 0 Å². The lowest BCUT2D eigenvalue weighted by Gasteiger charge is -2.37. The number of aryl methyl sites for hydroxylation is 1. The first kappa shape index (κ1) is 16.9. The van der Waals surface area contributed by atoms with E-state index in [9.17, 15) is 4.79 Å². The van der Waals surface area contributed by atoms with Gasteiger partial charge < -0.3 is 9.42 Å². The molecule has 0 aromatic carbocycles. The highest BCUT2D eigenvalue weighted by Crippen LogP contribution is 2.17. The van der Waals surface area contributed by atoms with Gasteiger partial charge in [0.25, 0.3) is 0 Å². The van der Waals surface area contributed by atoms with Crippen LogP contribution in [-0.2, 0) is 4.79 Å². The Morgan fingerprint density at radius 2 is 2.12 bits per heavy atom. The van der Waals surface area contributed by atoms with Crippen LogP contribution in [0.5, 0.6) is 0 Å². The van der Waals surface area contributed by atoms with E-state index in [0.29, 0.717) is 11.4 Å². The summed E-state index contributed by atoms with van der Waals surface area (Å²) < 4.78 is 5.03. The molecule has 8 nitrogen and oxygen atoms in total. The number of carbonyl (C=O) groups is 1. The van der Waals surface area contributed by atoms with Gasteiger partial charge in [-0.25, -0.2) is 4.98 Å². The van der Waals surface area contributed by atoms with Crippen LogP contribution in [0.15, 0.2) is 28.9 Å². The van der Waals surface area contributed by atoms with E-state index in [1.807, 2.05) is 6.92 Å². The van der Waals surface area contributed by atoms with Gasteiger partial charge in [-0.3, -0.25) is 15.0 Å². The van der Waals surface area contributed by atoms with Crippen molar-refractivity contribution in [2.75, 3.05) is 36.4 Å². The van der Waals surface area contributed by atoms with Gasteiger partial charge in [0.2, 0.25) is 11.8 Å². The highest BCUT2D eigenvalue weighted by Gasteiger charge is 2.26. The Bertz CT molecular complexity index is 788. The maximum Gasteiger partial charge on any atom is 0.243 e. The van der Waals surface area contributed by atoms with Crippen LogP contribution in [0.2, 0.25) is 0 Å². The van der Waals surface area contributed by atoms with Crippen LogP contribution in [-0.4, -0.2) is 53.2 Å². The second-order valence-corrected chi connectivity index (χ2v) is 6.04. The van der Waals surface area contributed by atoms with Crippen LogP contribution < -0.4 is 10.2 Å². The van der Waals surface area contributed by atoms with Gasteiger partial charge >= 0.3 is 0 Å². The van der Waals surface area contributed by atoms with Crippen LogP contribution in [0.4, 0.5) is 11.7 Å². The quantitative estimate of drug-likeness (QED) is 0.898. The summed E-state index contributed by atoms with van der Waals surface area (Å²) in [6, 6.07) is 7.03. The van der Waals surface area contributed by atoms with Crippen molar-refractivity contribution in [1.82, 2.24) is 15.0 Å². The third kappa shape index (κ3) is 3.95. The van der Waals surface area contributed by atoms with Gasteiger partial charge in [-0.2, -0.15) is 5.26 Å². The van der Waals surface area contributed by atoms with Crippen molar-refractivity contribution >= 4 is 17.6 Å². The van der Waals surface area contributed by atoms with Crippen molar-refractivity contribution in [1.29, 1.82) is 5.26 Å². The number of rotatable bonds is 4. The number of pyridine rings is 1. The van der Waals surface area contributed by atoms with Crippen LogP contribution in [0.3, 0.4) is 0 Å². The number of hydrogen-bond acceptors (Lipinski definition) is 7. The normalized spacial score (nSPS) is 16.3. The third-order valence-electron chi connectivity index (χ3n) is 4.31. The predicted molar refractivity (Wildman–Crippen MR) is 92.1 cm³/mol. The van der Waals surface area contributed by atoms with Crippen molar-refractivity contribution in [3.05, 3.63) is 35.7 Å². The second kappa shape index (κ2) is 7.32. The fourth-order valence-electron chi connectivity index (χ4n) is 2.81. The molecule has 1 N–H and O–H groups in total. The summed E-state index contributed by atoms with van der Waals surface area (Å²) in [6.07, 6.45) is 1.65. The first-order valence-corrected chi connectivity index (χ1v) is 8.16. The molecule has 1 amide bonds. The molecule has 0 aliphatic carbocycles. The fourth-order valence-corrected chi connectivity index (χ4v) is 2.81. The number of amides is 1. The minimum atomic E-state index is -0.272. The Labute approximate surface area is 146 Å². The van der Waals surface area contributed by atoms with Crippen LogP contribution in [0, 0.1) is 18.3 Å². The Kier molecular flexibility index (Phi) is 4.95.